The van der Waals surface area contributed by atoms with Gasteiger partial charge < -0.3 is 9.88 Å². The van der Waals surface area contributed by atoms with E-state index in [1.54, 1.807) is 18.5 Å². The summed E-state index contributed by atoms with van der Waals surface area (Å²) in [6, 6.07) is 3.44. The van der Waals surface area contributed by atoms with E-state index in [0.29, 0.717) is 34.8 Å². The average Bonchev–Trinajstić information content (AvgIpc) is 3.25. The fourth-order valence-electron chi connectivity index (χ4n) is 6.29. The highest BCUT2D eigenvalue weighted by molar-refractivity contribution is 5.97. The number of anilines is 1. The maximum atomic E-state index is 14.1. The van der Waals surface area contributed by atoms with Crippen LogP contribution < -0.4 is 4.90 Å². The maximum absolute atomic E-state index is 14.1. The summed E-state index contributed by atoms with van der Waals surface area (Å²) in [5.41, 5.74) is 1.51. The number of piperidine rings is 1. The second kappa shape index (κ2) is 8.39. The van der Waals surface area contributed by atoms with Gasteiger partial charge in [0.05, 0.1) is 11.7 Å². The third kappa shape index (κ3) is 3.53. The molecule has 0 radical (unpaired) electrons. The summed E-state index contributed by atoms with van der Waals surface area (Å²) in [6.45, 7) is 1.87. The molecule has 2 aliphatic carbocycles. The molecule has 1 saturated heterocycles. The van der Waals surface area contributed by atoms with Crippen LogP contribution in [0.4, 0.5) is 19.0 Å². The Kier molecular flexibility index (Phi) is 5.20. The largest absolute Gasteiger partial charge is 0.399 e. The highest BCUT2D eigenvalue weighted by Gasteiger charge is 2.60. The topological polar surface area (TPSA) is 70.6 Å². The van der Waals surface area contributed by atoms with Gasteiger partial charge in [0.15, 0.2) is 5.82 Å². The Balaban J connectivity index is 1.41. The van der Waals surface area contributed by atoms with Crippen LogP contribution in [0, 0.1) is 0 Å². The monoisotopic (exact) mass is 506 g/mol. The number of nitrogens with one attached hydrogen (secondary N) is 1. The Bertz CT molecular complexity index is 1480. The van der Waals surface area contributed by atoms with Crippen LogP contribution >= 0.6 is 0 Å². The third-order valence-corrected chi connectivity index (χ3v) is 8.86. The molecule has 7 rings (SSSR count). The molecule has 4 aromatic heterocycles. The molecule has 5 heterocycles. The third-order valence-electron chi connectivity index (χ3n) is 8.86. The number of aromatic amines is 1. The molecule has 1 aliphatic heterocycles. The summed E-state index contributed by atoms with van der Waals surface area (Å²) < 4.78 is 42.3. The van der Waals surface area contributed by atoms with Gasteiger partial charge in [-0.15, -0.1) is 0 Å². The number of rotatable bonds is 4. The van der Waals surface area contributed by atoms with Crippen LogP contribution in [0.2, 0.25) is 0 Å². The number of fused-ring (bicyclic) bond motifs is 2. The van der Waals surface area contributed by atoms with Gasteiger partial charge in [0.2, 0.25) is 0 Å². The van der Waals surface area contributed by atoms with Crippen LogP contribution in [0.25, 0.3) is 33.3 Å². The number of H-pyrrole nitrogens is 1. The first-order valence-electron chi connectivity index (χ1n) is 13.4. The van der Waals surface area contributed by atoms with E-state index in [1.807, 2.05) is 12.3 Å². The maximum Gasteiger partial charge on any atom is 0.399 e. The van der Waals surface area contributed by atoms with Gasteiger partial charge in [0, 0.05) is 47.5 Å². The molecule has 192 valence electrons. The van der Waals surface area contributed by atoms with E-state index < -0.39 is 11.6 Å². The molecule has 0 unspecified atom stereocenters. The van der Waals surface area contributed by atoms with Crippen molar-refractivity contribution in [2.75, 3.05) is 18.0 Å². The zero-order chi connectivity index (χ0) is 25.2. The lowest BCUT2D eigenvalue weighted by Crippen LogP contribution is -2.48. The standard InChI is InChI=1S/C28H29F3N6/c29-28(30,31)27(9-5-10-27)22-14-19-18(8-11-33-24(19)35-22)25-34-21-16-32-15-20(17-6-4-7-17)23(21)26(36-25)37-12-2-1-3-13-37/h8,11,14-17H,1-7,9-10,12-13H2,(H,33,35). The quantitative estimate of drug-likeness (QED) is 0.329. The Morgan fingerprint density at radius 2 is 1.78 bits per heavy atom. The van der Waals surface area contributed by atoms with Gasteiger partial charge in [-0.2, -0.15) is 13.2 Å². The summed E-state index contributed by atoms with van der Waals surface area (Å²) in [5, 5.41) is 1.70. The summed E-state index contributed by atoms with van der Waals surface area (Å²) in [4.78, 5) is 24.3. The van der Waals surface area contributed by atoms with E-state index in [1.165, 1.54) is 18.4 Å². The number of alkyl halides is 3. The molecule has 0 atom stereocenters. The first-order valence-corrected chi connectivity index (χ1v) is 13.4. The van der Waals surface area contributed by atoms with E-state index in [0.717, 1.165) is 55.5 Å². The molecule has 37 heavy (non-hydrogen) atoms. The zero-order valence-electron chi connectivity index (χ0n) is 20.6. The highest BCUT2D eigenvalue weighted by Crippen LogP contribution is 2.55. The van der Waals surface area contributed by atoms with Gasteiger partial charge in [0.25, 0.3) is 0 Å². The molecule has 6 nitrogen and oxygen atoms in total. The summed E-state index contributed by atoms with van der Waals surface area (Å²) in [6.07, 6.45) is 8.82. The van der Waals surface area contributed by atoms with E-state index in [9.17, 15) is 13.2 Å². The predicted molar refractivity (Wildman–Crippen MR) is 137 cm³/mol. The average molecular weight is 507 g/mol. The predicted octanol–water partition coefficient (Wildman–Crippen LogP) is 6.81. The summed E-state index contributed by atoms with van der Waals surface area (Å²) in [7, 11) is 0. The van der Waals surface area contributed by atoms with Gasteiger partial charge in [0.1, 0.15) is 16.9 Å². The van der Waals surface area contributed by atoms with E-state index >= 15 is 0 Å². The molecule has 0 amide bonds. The molecule has 0 bridgehead atoms. The van der Waals surface area contributed by atoms with E-state index in [2.05, 4.69) is 19.9 Å². The lowest BCUT2D eigenvalue weighted by molar-refractivity contribution is -0.213. The van der Waals surface area contributed by atoms with Crippen LogP contribution in [0.3, 0.4) is 0 Å². The first-order chi connectivity index (χ1) is 17.9. The summed E-state index contributed by atoms with van der Waals surface area (Å²) in [5.74, 6) is 1.92. The van der Waals surface area contributed by atoms with E-state index in [4.69, 9.17) is 9.97 Å². The van der Waals surface area contributed by atoms with Crippen molar-refractivity contribution in [3.8, 4) is 11.4 Å². The Hall–Kier alpha value is -3.23. The molecule has 0 spiro atoms. The Morgan fingerprint density at radius 1 is 0.973 bits per heavy atom. The number of hydrogen-bond donors (Lipinski definition) is 1. The molecule has 2 saturated carbocycles. The van der Waals surface area contributed by atoms with Crippen LogP contribution in [0.1, 0.15) is 75.0 Å². The van der Waals surface area contributed by atoms with Crippen molar-refractivity contribution in [3.63, 3.8) is 0 Å². The fraction of sp³-hybridized carbons (Fsp3) is 0.500. The van der Waals surface area contributed by atoms with Crippen molar-refractivity contribution < 1.29 is 13.2 Å². The number of halogens is 3. The molecule has 1 N–H and O–H groups in total. The number of nitrogens with zero attached hydrogens (tertiary/aromatic N) is 5. The van der Waals surface area contributed by atoms with Crippen molar-refractivity contribution in [3.05, 3.63) is 42.0 Å². The van der Waals surface area contributed by atoms with Crippen LogP contribution in [-0.2, 0) is 5.41 Å². The molecule has 4 aromatic rings. The van der Waals surface area contributed by atoms with Crippen molar-refractivity contribution in [2.45, 2.75) is 75.3 Å². The van der Waals surface area contributed by atoms with Crippen molar-refractivity contribution >= 4 is 27.8 Å². The van der Waals surface area contributed by atoms with Crippen LogP contribution in [0.5, 0.6) is 0 Å². The van der Waals surface area contributed by atoms with Gasteiger partial charge in [-0.3, -0.25) is 4.98 Å². The van der Waals surface area contributed by atoms with Gasteiger partial charge in [-0.25, -0.2) is 15.0 Å². The second-order valence-corrected chi connectivity index (χ2v) is 10.9. The van der Waals surface area contributed by atoms with Gasteiger partial charge >= 0.3 is 6.18 Å². The van der Waals surface area contributed by atoms with E-state index in [-0.39, 0.29) is 18.5 Å². The van der Waals surface area contributed by atoms with Gasteiger partial charge in [-0.1, -0.05) is 12.8 Å². The number of hydrogen-bond acceptors (Lipinski definition) is 5. The van der Waals surface area contributed by atoms with Crippen molar-refractivity contribution in [1.29, 1.82) is 0 Å². The van der Waals surface area contributed by atoms with Crippen LogP contribution in [-0.4, -0.2) is 44.2 Å². The van der Waals surface area contributed by atoms with Crippen LogP contribution in [0.15, 0.2) is 30.7 Å². The van der Waals surface area contributed by atoms with Gasteiger partial charge in [-0.05, 0) is 68.6 Å². The lowest BCUT2D eigenvalue weighted by Gasteiger charge is -2.42. The minimum absolute atomic E-state index is 0.0971. The summed E-state index contributed by atoms with van der Waals surface area (Å²) >= 11 is 0. The fourth-order valence-corrected chi connectivity index (χ4v) is 6.29. The number of pyridine rings is 2. The molecule has 3 aliphatic rings. The first kappa shape index (κ1) is 22.9. The Morgan fingerprint density at radius 3 is 2.46 bits per heavy atom. The smallest absolute Gasteiger partial charge is 0.356 e. The highest BCUT2D eigenvalue weighted by atomic mass is 19.4. The SMILES string of the molecule is FC(F)(F)C1(c2cc3c(-c4nc(N5CCCCC5)c5c(C6CCC6)cncc5n4)ccnc3[nH]2)CCC1. The van der Waals surface area contributed by atoms with Crippen molar-refractivity contribution in [2.24, 2.45) is 0 Å². The minimum Gasteiger partial charge on any atom is -0.356 e. The molecule has 9 heteroatoms. The molecular formula is C28H29F3N6. The second-order valence-electron chi connectivity index (χ2n) is 10.9. The number of aromatic nitrogens is 5. The zero-order valence-corrected chi connectivity index (χ0v) is 20.6. The lowest BCUT2D eigenvalue weighted by atomic mass is 9.66. The normalized spacial score (nSPS) is 20.2. The molecule has 0 aromatic carbocycles. The van der Waals surface area contributed by atoms with Crippen molar-refractivity contribution in [1.82, 2.24) is 24.9 Å². The molecular weight excluding hydrogens is 477 g/mol. The molecule has 3 fully saturated rings. The Labute approximate surface area is 212 Å². The minimum atomic E-state index is -4.31.